The zero-order valence-corrected chi connectivity index (χ0v) is 6.76. The number of nitrogens with one attached hydrogen (secondary N) is 1. The summed E-state index contributed by atoms with van der Waals surface area (Å²) in [5, 5.41) is 11.9. The van der Waals surface area contributed by atoms with Gasteiger partial charge in [-0.05, 0) is 6.92 Å². The van der Waals surface area contributed by atoms with E-state index in [0.29, 0.717) is 5.00 Å². The molecule has 2 N–H and O–H groups in total. The minimum atomic E-state index is -0.975. The molecule has 0 aliphatic rings. The van der Waals surface area contributed by atoms with Gasteiger partial charge in [0, 0.05) is 0 Å². The molecule has 0 aliphatic heterocycles. The number of thiazole rings is 1. The van der Waals surface area contributed by atoms with Crippen LogP contribution in [0.3, 0.4) is 0 Å². The summed E-state index contributed by atoms with van der Waals surface area (Å²) in [6.07, 6.45) is 0.558. The minimum Gasteiger partial charge on any atom is -0.384 e. The van der Waals surface area contributed by atoms with Crippen LogP contribution in [-0.4, -0.2) is 22.1 Å². The van der Waals surface area contributed by atoms with E-state index in [4.69, 9.17) is 5.11 Å². The molecule has 11 heavy (non-hydrogen) atoms. The van der Waals surface area contributed by atoms with Gasteiger partial charge in [-0.1, -0.05) is 0 Å². The molecule has 1 amide bonds. The summed E-state index contributed by atoms with van der Waals surface area (Å²) in [6, 6.07) is 0. The van der Waals surface area contributed by atoms with Crippen LogP contribution in [0.4, 0.5) is 5.00 Å². The Morgan fingerprint density at radius 2 is 2.64 bits per heavy atom. The fraction of sp³-hybridized carbons (Fsp3) is 0.333. The highest BCUT2D eigenvalue weighted by atomic mass is 32.1. The SMILES string of the molecule is CC(O)C(=O)Nc1cncs1. The van der Waals surface area contributed by atoms with Gasteiger partial charge in [0.2, 0.25) is 0 Å². The van der Waals surface area contributed by atoms with Crippen molar-refractivity contribution in [3.63, 3.8) is 0 Å². The fourth-order valence-corrected chi connectivity index (χ4v) is 1.02. The molecule has 1 heterocycles. The average Bonchev–Trinajstić information content (AvgIpc) is 2.39. The number of hydrogen-bond donors (Lipinski definition) is 2. The molecule has 1 atom stereocenters. The van der Waals surface area contributed by atoms with Gasteiger partial charge in [-0.2, -0.15) is 0 Å². The topological polar surface area (TPSA) is 62.2 Å². The number of aliphatic hydroxyl groups is 1. The van der Waals surface area contributed by atoms with E-state index in [2.05, 4.69) is 10.3 Å². The van der Waals surface area contributed by atoms with Crippen molar-refractivity contribution in [3.8, 4) is 0 Å². The highest BCUT2D eigenvalue weighted by Gasteiger charge is 2.08. The van der Waals surface area contributed by atoms with E-state index in [-0.39, 0.29) is 0 Å². The van der Waals surface area contributed by atoms with Gasteiger partial charge in [-0.25, -0.2) is 0 Å². The highest BCUT2D eigenvalue weighted by molar-refractivity contribution is 7.13. The monoisotopic (exact) mass is 172 g/mol. The Morgan fingerprint density at radius 1 is 1.91 bits per heavy atom. The number of anilines is 1. The van der Waals surface area contributed by atoms with Crippen molar-refractivity contribution in [1.82, 2.24) is 4.98 Å². The molecule has 0 radical (unpaired) electrons. The fourth-order valence-electron chi connectivity index (χ4n) is 0.503. The second kappa shape index (κ2) is 3.45. The van der Waals surface area contributed by atoms with Crippen LogP contribution in [0.2, 0.25) is 0 Å². The number of rotatable bonds is 2. The Morgan fingerprint density at radius 3 is 3.09 bits per heavy atom. The van der Waals surface area contributed by atoms with Crippen LogP contribution in [0.15, 0.2) is 11.7 Å². The number of aliphatic hydroxyl groups excluding tert-OH is 1. The smallest absolute Gasteiger partial charge is 0.253 e. The van der Waals surface area contributed by atoms with Gasteiger partial charge in [-0.3, -0.25) is 9.78 Å². The number of amides is 1. The molecule has 0 aromatic carbocycles. The van der Waals surface area contributed by atoms with Crippen molar-refractivity contribution in [2.45, 2.75) is 13.0 Å². The molecule has 1 unspecified atom stereocenters. The van der Waals surface area contributed by atoms with Gasteiger partial charge in [-0.15, -0.1) is 11.3 Å². The van der Waals surface area contributed by atoms with Crippen molar-refractivity contribution >= 4 is 22.2 Å². The largest absolute Gasteiger partial charge is 0.384 e. The normalized spacial score (nSPS) is 12.5. The van der Waals surface area contributed by atoms with E-state index in [1.54, 1.807) is 5.51 Å². The van der Waals surface area contributed by atoms with E-state index in [9.17, 15) is 4.79 Å². The van der Waals surface area contributed by atoms with Gasteiger partial charge in [0.25, 0.3) is 5.91 Å². The summed E-state index contributed by atoms with van der Waals surface area (Å²) in [7, 11) is 0. The van der Waals surface area contributed by atoms with E-state index in [0.717, 1.165) is 0 Å². The predicted octanol–water partition coefficient (Wildman–Crippen LogP) is 0.462. The second-order valence-electron chi connectivity index (χ2n) is 2.03. The van der Waals surface area contributed by atoms with E-state index in [1.807, 2.05) is 0 Å². The first-order valence-electron chi connectivity index (χ1n) is 3.07. The predicted molar refractivity (Wildman–Crippen MR) is 42.4 cm³/mol. The van der Waals surface area contributed by atoms with Crippen LogP contribution in [0.25, 0.3) is 0 Å². The summed E-state index contributed by atoms with van der Waals surface area (Å²) in [5.74, 6) is -0.408. The van der Waals surface area contributed by atoms with Crippen molar-refractivity contribution in [2.24, 2.45) is 0 Å². The molecule has 0 bridgehead atoms. The zero-order chi connectivity index (χ0) is 8.27. The zero-order valence-electron chi connectivity index (χ0n) is 5.94. The maximum absolute atomic E-state index is 10.8. The lowest BCUT2D eigenvalue weighted by atomic mass is 10.4. The Bertz CT molecular complexity index is 233. The molecule has 0 spiro atoms. The van der Waals surface area contributed by atoms with Gasteiger partial charge >= 0.3 is 0 Å². The number of carbonyl (C=O) groups is 1. The van der Waals surface area contributed by atoms with Crippen LogP contribution in [0.1, 0.15) is 6.92 Å². The number of carbonyl (C=O) groups excluding carboxylic acids is 1. The van der Waals surface area contributed by atoms with Crippen LogP contribution in [-0.2, 0) is 4.79 Å². The van der Waals surface area contributed by atoms with Crippen molar-refractivity contribution < 1.29 is 9.90 Å². The molecule has 0 aliphatic carbocycles. The highest BCUT2D eigenvalue weighted by Crippen LogP contribution is 2.11. The van der Waals surface area contributed by atoms with Crippen LogP contribution < -0.4 is 5.32 Å². The quantitative estimate of drug-likeness (QED) is 0.681. The van der Waals surface area contributed by atoms with Gasteiger partial charge in [0.15, 0.2) is 0 Å². The van der Waals surface area contributed by atoms with E-state index in [1.165, 1.54) is 24.5 Å². The molecule has 0 saturated heterocycles. The third-order valence-corrected chi connectivity index (χ3v) is 1.75. The van der Waals surface area contributed by atoms with Gasteiger partial charge in [0.05, 0.1) is 11.7 Å². The Hall–Kier alpha value is -0.940. The van der Waals surface area contributed by atoms with Crippen LogP contribution in [0.5, 0.6) is 0 Å². The lowest BCUT2D eigenvalue weighted by molar-refractivity contribution is -0.123. The third kappa shape index (κ3) is 2.28. The van der Waals surface area contributed by atoms with Crippen molar-refractivity contribution in [1.29, 1.82) is 0 Å². The second-order valence-corrected chi connectivity index (χ2v) is 2.92. The summed E-state index contributed by atoms with van der Waals surface area (Å²) in [4.78, 5) is 14.6. The molecule has 4 nitrogen and oxygen atoms in total. The maximum atomic E-state index is 10.8. The maximum Gasteiger partial charge on any atom is 0.253 e. The molecule has 0 saturated carbocycles. The van der Waals surface area contributed by atoms with E-state index < -0.39 is 12.0 Å². The Kier molecular flexibility index (Phi) is 2.56. The minimum absolute atomic E-state index is 0.408. The summed E-state index contributed by atoms with van der Waals surface area (Å²) in [5.41, 5.74) is 1.61. The molecule has 60 valence electrons. The molecule has 5 heteroatoms. The lowest BCUT2D eigenvalue weighted by Gasteiger charge is -2.02. The summed E-state index contributed by atoms with van der Waals surface area (Å²) < 4.78 is 0. The standard InChI is InChI=1S/C6H8N2O2S/c1-4(9)6(10)8-5-2-7-3-11-5/h2-4,9H,1H3,(H,8,10). The number of nitrogens with zero attached hydrogens (tertiary/aromatic N) is 1. The van der Waals surface area contributed by atoms with Crippen LogP contribution in [0, 0.1) is 0 Å². The molecule has 1 aromatic rings. The van der Waals surface area contributed by atoms with Crippen molar-refractivity contribution in [2.75, 3.05) is 5.32 Å². The summed E-state index contributed by atoms with van der Waals surface area (Å²) in [6.45, 7) is 1.41. The molecule has 0 fully saturated rings. The first-order chi connectivity index (χ1) is 5.20. The molecular weight excluding hydrogens is 164 g/mol. The van der Waals surface area contributed by atoms with Crippen molar-refractivity contribution in [3.05, 3.63) is 11.7 Å². The lowest BCUT2D eigenvalue weighted by Crippen LogP contribution is -2.23. The molecule has 1 aromatic heterocycles. The van der Waals surface area contributed by atoms with E-state index >= 15 is 0 Å². The molecular formula is C6H8N2O2S. The third-order valence-electron chi connectivity index (χ3n) is 1.06. The molecule has 1 rings (SSSR count). The van der Waals surface area contributed by atoms with Gasteiger partial charge in [0.1, 0.15) is 11.1 Å². The van der Waals surface area contributed by atoms with Gasteiger partial charge < -0.3 is 10.4 Å². The summed E-state index contributed by atoms with van der Waals surface area (Å²) >= 11 is 1.31. The first kappa shape index (κ1) is 8.16. The Balaban J connectivity index is 2.50. The number of hydrogen-bond acceptors (Lipinski definition) is 4. The Labute approximate surface area is 67.9 Å². The number of aromatic nitrogens is 1. The average molecular weight is 172 g/mol. The first-order valence-corrected chi connectivity index (χ1v) is 3.95. The van der Waals surface area contributed by atoms with Crippen LogP contribution >= 0.6 is 11.3 Å².